The molecule has 27 heteroatoms. The molecule has 0 unspecified atom stereocenters. The van der Waals surface area contributed by atoms with Crippen LogP contribution in [-0.2, 0) is 99.7 Å². The lowest BCUT2D eigenvalue weighted by atomic mass is 9.92. The van der Waals surface area contributed by atoms with Gasteiger partial charge in [0.1, 0.15) is 84.8 Å². The van der Waals surface area contributed by atoms with E-state index in [-0.39, 0.29) is 6.54 Å². The van der Waals surface area contributed by atoms with Gasteiger partial charge in [0.2, 0.25) is 17.7 Å². The van der Waals surface area contributed by atoms with Crippen molar-refractivity contribution in [1.82, 2.24) is 21.3 Å². The van der Waals surface area contributed by atoms with Crippen LogP contribution in [0.2, 0.25) is 0 Å². The van der Waals surface area contributed by atoms with E-state index in [0.29, 0.717) is 0 Å². The highest BCUT2D eigenvalue weighted by atomic mass is 16.9. The summed E-state index contributed by atoms with van der Waals surface area (Å²) >= 11 is 0. The summed E-state index contributed by atoms with van der Waals surface area (Å²) in [5.74, 6) is -12.7. The van der Waals surface area contributed by atoms with Gasteiger partial charge in [-0.25, -0.2) is 4.79 Å². The van der Waals surface area contributed by atoms with E-state index in [0.717, 1.165) is 0 Å². The molecule has 0 saturated carbocycles. The van der Waals surface area contributed by atoms with Crippen LogP contribution in [0.3, 0.4) is 0 Å². The minimum atomic E-state index is -1.37. The second-order valence-electron chi connectivity index (χ2n) is 23.0. The van der Waals surface area contributed by atoms with Gasteiger partial charge in [-0.15, -0.1) is 0 Å². The number of nitrogens with one attached hydrogen (secondary N) is 4. The molecule has 0 radical (unpaired) electrons. The summed E-state index contributed by atoms with van der Waals surface area (Å²) in [5, 5.41) is 21.7. The summed E-state index contributed by atoms with van der Waals surface area (Å²) in [6.45, 7) is 17.1. The smallest absolute Gasteiger partial charge is 0.407 e. The molecule has 8 saturated heterocycles. The molecule has 8 aliphatic rings. The highest BCUT2D eigenvalue weighted by Gasteiger charge is 2.62. The summed E-state index contributed by atoms with van der Waals surface area (Å²) < 4.78 is 102. The van der Waals surface area contributed by atoms with Crippen molar-refractivity contribution in [2.45, 2.75) is 203 Å². The molecule has 0 aromatic rings. The van der Waals surface area contributed by atoms with Crippen LogP contribution in [0.1, 0.15) is 76.2 Å². The molecular formula is C49H78N4O23. The lowest BCUT2D eigenvalue weighted by molar-refractivity contribution is -0.224. The number of carbonyl (C=O) groups excluding carboxylic acids is 4. The van der Waals surface area contributed by atoms with Gasteiger partial charge in [-0.2, -0.15) is 0 Å². The third-order valence-electron chi connectivity index (χ3n) is 14.5. The number of carboxylic acids is 1. The van der Waals surface area contributed by atoms with Crippen molar-refractivity contribution < 1.29 is 110 Å². The number of carbonyl (C=O) groups is 5. The number of amides is 4. The molecule has 8 aliphatic heterocycles. The first kappa shape index (κ1) is 58.7. The van der Waals surface area contributed by atoms with Crippen LogP contribution in [0, 0.1) is 23.7 Å². The monoisotopic (exact) mass is 1090 g/mol. The zero-order valence-electron chi connectivity index (χ0n) is 45.8. The van der Waals surface area contributed by atoms with E-state index in [1.165, 1.54) is 28.4 Å². The first-order chi connectivity index (χ1) is 35.5. The molecular weight excluding hydrogens is 1010 g/mol. The number of carboxylic acid groups (broad SMARTS) is 1. The summed E-state index contributed by atoms with van der Waals surface area (Å²) in [7, 11) is 5.67. The Morgan fingerprint density at radius 1 is 0.434 bits per heavy atom. The maximum atomic E-state index is 15.0. The number of rotatable bonds is 20. The topological polar surface area (TPSA) is 311 Å². The fraction of sp³-hybridized carbons (Fsp3) is 0.898. The van der Waals surface area contributed by atoms with Crippen LogP contribution in [0.5, 0.6) is 0 Å². The average molecular weight is 1090 g/mol. The van der Waals surface area contributed by atoms with Crippen LogP contribution < -0.4 is 21.3 Å². The molecule has 0 aromatic heterocycles. The van der Waals surface area contributed by atoms with Crippen molar-refractivity contribution in [3.63, 3.8) is 0 Å². The van der Waals surface area contributed by atoms with Gasteiger partial charge in [-0.05, 0) is 76.2 Å². The van der Waals surface area contributed by atoms with Crippen LogP contribution in [0.4, 0.5) is 4.79 Å². The van der Waals surface area contributed by atoms with Crippen molar-refractivity contribution in [3.8, 4) is 0 Å². The third kappa shape index (κ3) is 12.4. The molecule has 5 N–H and O–H groups in total. The Labute approximate surface area is 441 Å². The van der Waals surface area contributed by atoms with E-state index in [9.17, 15) is 24.3 Å². The van der Waals surface area contributed by atoms with Crippen molar-refractivity contribution in [2.75, 3.05) is 54.6 Å². The fourth-order valence-electron chi connectivity index (χ4n) is 11.3. The number of hydrogen-bond acceptors (Lipinski definition) is 22. The normalized spacial score (nSPS) is 38.8. The largest absolute Gasteiger partial charge is 0.481 e. The highest BCUT2D eigenvalue weighted by Crippen LogP contribution is 2.45. The molecule has 8 fully saturated rings. The molecule has 0 aromatic carbocycles. The Morgan fingerprint density at radius 3 is 0.934 bits per heavy atom. The average Bonchev–Trinajstić information content (AvgIpc) is 4.18. The predicted molar refractivity (Wildman–Crippen MR) is 253 cm³/mol. The fourth-order valence-corrected chi connectivity index (χ4v) is 11.3. The van der Waals surface area contributed by atoms with Gasteiger partial charge in [0, 0.05) is 54.6 Å². The van der Waals surface area contributed by atoms with Crippen LogP contribution >= 0.6 is 0 Å². The first-order valence-electron chi connectivity index (χ1n) is 25.7. The van der Waals surface area contributed by atoms with Crippen molar-refractivity contribution >= 4 is 29.8 Å². The number of ether oxygens (including phenoxy) is 17. The van der Waals surface area contributed by atoms with Crippen molar-refractivity contribution in [3.05, 3.63) is 0 Å². The molecule has 8 rings (SSSR count). The zero-order chi connectivity index (χ0) is 55.6. The first-order valence-corrected chi connectivity index (χ1v) is 25.7. The molecule has 20 atom stereocenters. The lowest BCUT2D eigenvalue weighted by Gasteiger charge is -2.33. The van der Waals surface area contributed by atoms with Gasteiger partial charge in [-0.1, -0.05) is 0 Å². The van der Waals surface area contributed by atoms with E-state index < -0.39 is 200 Å². The Morgan fingerprint density at radius 2 is 0.684 bits per heavy atom. The molecule has 4 amide bonds. The summed E-state index contributed by atoms with van der Waals surface area (Å²) in [4.78, 5) is 70.3. The lowest BCUT2D eigenvalue weighted by Crippen LogP contribution is -2.55. The minimum Gasteiger partial charge on any atom is -0.481 e. The number of aliphatic carboxylic acids is 1. The molecule has 8 heterocycles. The number of methoxy groups -OCH3 is 4. The minimum absolute atomic E-state index is 0.305. The quantitative estimate of drug-likeness (QED) is 0.107. The highest BCUT2D eigenvalue weighted by molar-refractivity contribution is 5.85. The van der Waals surface area contributed by atoms with E-state index in [1.54, 1.807) is 76.2 Å². The number of fused-ring (bicyclic) bond motifs is 4. The van der Waals surface area contributed by atoms with Crippen LogP contribution in [0.25, 0.3) is 0 Å². The number of hydrogen-bond donors (Lipinski definition) is 5. The van der Waals surface area contributed by atoms with E-state index in [4.69, 9.17) is 80.5 Å². The van der Waals surface area contributed by atoms with E-state index in [1.807, 2.05) is 0 Å². The Kier molecular flexibility index (Phi) is 17.1. The Balaban J connectivity index is 1.04. The van der Waals surface area contributed by atoms with E-state index in [2.05, 4.69) is 21.3 Å². The summed E-state index contributed by atoms with van der Waals surface area (Å²) in [6, 6.07) is 0. The zero-order valence-corrected chi connectivity index (χ0v) is 45.8. The molecule has 0 spiro atoms. The summed E-state index contributed by atoms with van der Waals surface area (Å²) in [6.07, 6.45) is -15.7. The third-order valence-corrected chi connectivity index (χ3v) is 14.5. The van der Waals surface area contributed by atoms with Gasteiger partial charge in [0.05, 0.1) is 17.8 Å². The maximum absolute atomic E-state index is 15.0. The van der Waals surface area contributed by atoms with Crippen LogP contribution in [-0.4, -0.2) is 217 Å². The molecule has 76 heavy (non-hydrogen) atoms. The van der Waals surface area contributed by atoms with Crippen molar-refractivity contribution in [2.24, 2.45) is 23.7 Å². The van der Waals surface area contributed by atoms with Gasteiger partial charge in [0.25, 0.3) is 0 Å². The standard InChI is InChI=1S/C49H78N4O23/c1-45(2,3)76-44(59)53-18-22(26-30(62-14)34-42(66-26)74-48(8,9)70-34)38(56)51-16-20(24-28(60-12)32-40(64-24)72-46(4,5)68-32)36(54)50-17-21(25-29(61-13)33-41(65-25)73-47(6,7)69-33)37(55)52-19-23(39(57)58)27-31(63-15)35-43(67-27)75-49(10,11)71-35/h20-35,40-43H,16-19H2,1-15H3,(H,50,54)(H,51,56)(H,52,55)(H,53,59)(H,57,58)/t20-,21+,22+,23-,24+,25+,26+,27+,28-,29-,30-,31-,32+,33+,34+,35+,40+,41+,42+,43+/m0/s1. The Hall–Kier alpha value is -3.49. The van der Waals surface area contributed by atoms with Crippen LogP contribution in [0.15, 0.2) is 0 Å². The molecule has 0 bridgehead atoms. The number of alkyl carbamates (subject to hydrolysis) is 1. The molecule has 432 valence electrons. The Bertz CT molecular complexity index is 2120. The van der Waals surface area contributed by atoms with E-state index >= 15 is 4.79 Å². The molecule has 0 aliphatic carbocycles. The SMILES string of the molecule is CO[C@@H]1[C@H]2OC(C)(C)O[C@H]2O[C@@H]1[C@H](CNC(=O)[C@H](CNC(=O)[C@@H](CNC(=O)[C@H](CNC(=O)OC(C)(C)C)[C@H]1O[C@@H]2OC(C)(C)O[C@@H]2[C@H]1OC)[C@H]1O[C@@H]2OC(C)(C)O[C@@H]2[C@H]1OC)[C@H]1O[C@@H]2OC(C)(C)O[C@@H]2[C@H]1OC)C(=O)O. The van der Waals surface area contributed by atoms with Crippen molar-refractivity contribution in [1.29, 1.82) is 0 Å². The maximum Gasteiger partial charge on any atom is 0.407 e. The second-order valence-corrected chi connectivity index (χ2v) is 23.0. The predicted octanol–water partition coefficient (Wildman–Crippen LogP) is -0.0253. The molecule has 27 nitrogen and oxygen atoms in total. The van der Waals surface area contributed by atoms with Gasteiger partial charge in [-0.3, -0.25) is 19.2 Å². The van der Waals surface area contributed by atoms with Gasteiger partial charge >= 0.3 is 12.1 Å². The summed E-state index contributed by atoms with van der Waals surface area (Å²) in [5.41, 5.74) is -0.862. The van der Waals surface area contributed by atoms with Gasteiger partial charge < -0.3 is 107 Å². The second kappa shape index (κ2) is 22.2. The van der Waals surface area contributed by atoms with Gasteiger partial charge in [0.15, 0.2) is 48.3 Å².